The Labute approximate surface area is 171 Å². The van der Waals surface area contributed by atoms with Crippen LogP contribution in [-0.2, 0) is 6.54 Å². The van der Waals surface area contributed by atoms with Crippen molar-refractivity contribution in [3.63, 3.8) is 0 Å². The van der Waals surface area contributed by atoms with Crippen LogP contribution in [-0.4, -0.2) is 43.8 Å². The Bertz CT molecular complexity index is 1360. The van der Waals surface area contributed by atoms with Crippen LogP contribution >= 0.6 is 0 Å². The van der Waals surface area contributed by atoms with Crippen LogP contribution in [0.3, 0.4) is 0 Å². The van der Waals surface area contributed by atoms with Crippen molar-refractivity contribution in [1.82, 2.24) is 14.5 Å². The first-order valence-corrected chi connectivity index (χ1v) is 9.69. The average molecular weight is 401 g/mol. The summed E-state index contributed by atoms with van der Waals surface area (Å²) in [6, 6.07) is 17.0. The average Bonchev–Trinajstić information content (AvgIpc) is 2.70. The molecule has 1 aromatic heterocycles. The molecule has 0 radical (unpaired) electrons. The molecule has 0 atom stereocenters. The minimum absolute atomic E-state index is 0.110. The monoisotopic (exact) mass is 401 g/mol. The lowest BCUT2D eigenvalue weighted by molar-refractivity contribution is 0.0749. The van der Waals surface area contributed by atoms with Crippen LogP contribution in [0.25, 0.3) is 32.9 Å². The van der Waals surface area contributed by atoms with Gasteiger partial charge in [-0.1, -0.05) is 30.3 Å². The van der Waals surface area contributed by atoms with E-state index in [1.54, 1.807) is 16.7 Å². The molecular formula is C23H19N3O4. The van der Waals surface area contributed by atoms with Crippen molar-refractivity contribution in [3.8, 4) is 16.9 Å². The molecule has 2 heterocycles. The van der Waals surface area contributed by atoms with Gasteiger partial charge >= 0.3 is 6.09 Å². The number of hydrogen-bond donors (Lipinski definition) is 2. The lowest BCUT2D eigenvalue weighted by Gasteiger charge is -2.37. The van der Waals surface area contributed by atoms with Crippen LogP contribution in [0, 0.1) is 5.92 Å². The number of fused-ring (bicyclic) bond motifs is 2. The maximum absolute atomic E-state index is 12.4. The second kappa shape index (κ2) is 6.88. The fourth-order valence-corrected chi connectivity index (χ4v) is 4.16. The van der Waals surface area contributed by atoms with Crippen molar-refractivity contribution in [3.05, 3.63) is 71.1 Å². The summed E-state index contributed by atoms with van der Waals surface area (Å²) in [5.41, 5.74) is 2.97. The zero-order chi connectivity index (χ0) is 20.8. The third-order valence-corrected chi connectivity index (χ3v) is 5.67. The Morgan fingerprint density at radius 2 is 1.90 bits per heavy atom. The van der Waals surface area contributed by atoms with E-state index in [4.69, 9.17) is 5.11 Å². The number of aromatic nitrogens is 2. The second-order valence-corrected chi connectivity index (χ2v) is 7.68. The minimum Gasteiger partial charge on any atom is -0.508 e. The summed E-state index contributed by atoms with van der Waals surface area (Å²) in [4.78, 5) is 29.1. The summed E-state index contributed by atoms with van der Waals surface area (Å²) in [5.74, 6) is 0.300. The number of likely N-dealkylation sites (tertiary alicyclic amines) is 1. The second-order valence-electron chi connectivity index (χ2n) is 7.68. The number of rotatable bonds is 3. The van der Waals surface area contributed by atoms with Gasteiger partial charge in [0.25, 0.3) is 5.56 Å². The van der Waals surface area contributed by atoms with Gasteiger partial charge in [-0.15, -0.1) is 0 Å². The number of carbonyl (C=O) groups is 1. The third-order valence-electron chi connectivity index (χ3n) is 5.67. The summed E-state index contributed by atoms with van der Waals surface area (Å²) < 4.78 is 1.66. The number of phenolic OH excluding ortho intramolecular Hbond substituents is 1. The fourth-order valence-electron chi connectivity index (χ4n) is 4.16. The molecule has 1 aliphatic heterocycles. The van der Waals surface area contributed by atoms with E-state index in [2.05, 4.69) is 4.98 Å². The summed E-state index contributed by atoms with van der Waals surface area (Å²) in [6.45, 7) is 1.31. The zero-order valence-corrected chi connectivity index (χ0v) is 16.0. The van der Waals surface area contributed by atoms with Crippen LogP contribution in [0.2, 0.25) is 0 Å². The first kappa shape index (κ1) is 18.2. The lowest BCUT2D eigenvalue weighted by Crippen LogP contribution is -2.51. The number of amides is 1. The number of benzene rings is 3. The number of phenols is 1. The smallest absolute Gasteiger partial charge is 0.407 e. The van der Waals surface area contributed by atoms with Gasteiger partial charge in [0.05, 0.1) is 17.2 Å². The van der Waals surface area contributed by atoms with E-state index in [1.165, 1.54) is 11.1 Å². The van der Waals surface area contributed by atoms with Gasteiger partial charge in [0.15, 0.2) is 0 Å². The van der Waals surface area contributed by atoms with Gasteiger partial charge in [-0.2, -0.15) is 0 Å². The number of hydrogen-bond acceptors (Lipinski definition) is 4. The van der Waals surface area contributed by atoms with Crippen molar-refractivity contribution in [2.75, 3.05) is 13.1 Å². The number of carboxylic acid groups (broad SMARTS) is 1. The molecule has 1 fully saturated rings. The summed E-state index contributed by atoms with van der Waals surface area (Å²) in [6.07, 6.45) is 0.376. The Hall–Kier alpha value is -3.87. The van der Waals surface area contributed by atoms with Crippen molar-refractivity contribution in [2.45, 2.75) is 6.54 Å². The van der Waals surface area contributed by atoms with E-state index in [0.717, 1.165) is 21.9 Å². The van der Waals surface area contributed by atoms with E-state index in [1.807, 2.05) is 42.5 Å². The van der Waals surface area contributed by atoms with Crippen LogP contribution < -0.4 is 5.56 Å². The predicted molar refractivity (Wildman–Crippen MR) is 114 cm³/mol. The number of nitrogens with zero attached hydrogens (tertiary/aromatic N) is 3. The van der Waals surface area contributed by atoms with Crippen molar-refractivity contribution >= 4 is 27.9 Å². The molecule has 7 heteroatoms. The molecule has 4 aromatic rings. The van der Waals surface area contributed by atoms with Gasteiger partial charge in [0.1, 0.15) is 5.75 Å². The summed E-state index contributed by atoms with van der Waals surface area (Å²) in [7, 11) is 0. The van der Waals surface area contributed by atoms with Gasteiger partial charge in [-0.3, -0.25) is 4.79 Å². The van der Waals surface area contributed by atoms with Crippen LogP contribution in [0.1, 0.15) is 0 Å². The zero-order valence-electron chi connectivity index (χ0n) is 16.0. The quantitative estimate of drug-likeness (QED) is 0.548. The molecule has 7 nitrogen and oxygen atoms in total. The van der Waals surface area contributed by atoms with Crippen molar-refractivity contribution < 1.29 is 15.0 Å². The predicted octanol–water partition coefficient (Wildman–Crippen LogP) is 3.53. The van der Waals surface area contributed by atoms with Crippen LogP contribution in [0.15, 0.2) is 65.6 Å². The number of aromatic hydroxyl groups is 1. The summed E-state index contributed by atoms with van der Waals surface area (Å²) in [5, 5.41) is 21.1. The molecule has 3 aromatic carbocycles. The maximum Gasteiger partial charge on any atom is 0.407 e. The fraction of sp³-hybridized carbons (Fsp3) is 0.174. The van der Waals surface area contributed by atoms with Crippen molar-refractivity contribution in [1.29, 1.82) is 0 Å². The highest BCUT2D eigenvalue weighted by atomic mass is 16.4. The molecule has 1 saturated heterocycles. The van der Waals surface area contributed by atoms with Gasteiger partial charge in [-0.05, 0) is 46.2 Å². The molecule has 150 valence electrons. The van der Waals surface area contributed by atoms with Gasteiger partial charge in [0.2, 0.25) is 0 Å². The Kier molecular flexibility index (Phi) is 4.17. The molecule has 5 rings (SSSR count). The molecule has 2 N–H and O–H groups in total. The molecule has 0 bridgehead atoms. The van der Waals surface area contributed by atoms with Crippen molar-refractivity contribution in [2.24, 2.45) is 5.92 Å². The Morgan fingerprint density at radius 1 is 1.10 bits per heavy atom. The summed E-state index contributed by atoms with van der Waals surface area (Å²) >= 11 is 0. The molecule has 1 aliphatic rings. The van der Waals surface area contributed by atoms with Crippen LogP contribution in [0.5, 0.6) is 5.75 Å². The molecule has 30 heavy (non-hydrogen) atoms. The molecule has 0 saturated carbocycles. The van der Waals surface area contributed by atoms with E-state index in [0.29, 0.717) is 30.7 Å². The molecule has 0 spiro atoms. The highest BCUT2D eigenvalue weighted by Crippen LogP contribution is 2.33. The van der Waals surface area contributed by atoms with E-state index in [9.17, 15) is 14.7 Å². The van der Waals surface area contributed by atoms with Crippen LogP contribution in [0.4, 0.5) is 4.79 Å². The van der Waals surface area contributed by atoms with Gasteiger partial charge in [-0.25, -0.2) is 9.78 Å². The van der Waals surface area contributed by atoms with Gasteiger partial charge in [0, 0.05) is 25.6 Å². The SMILES string of the molecule is O=C(O)N1CC(Cn2c(=O)cnc3cc(-c4cc(O)cc5ccccc45)ccc32)C1. The Balaban J connectivity index is 1.56. The molecule has 1 amide bonds. The lowest BCUT2D eigenvalue weighted by atomic mass is 9.97. The standard InChI is InChI=1S/C23H19N3O4/c27-17-7-15-3-1-2-4-18(15)19(9-17)16-5-6-21-20(8-16)24-10-22(28)26(21)13-14-11-25(12-14)23(29)30/h1-10,14,27H,11-13H2,(H,29,30). The molecule has 0 aliphatic carbocycles. The molecular weight excluding hydrogens is 382 g/mol. The maximum atomic E-state index is 12.4. The van der Waals surface area contributed by atoms with E-state index >= 15 is 0 Å². The first-order valence-electron chi connectivity index (χ1n) is 9.69. The highest BCUT2D eigenvalue weighted by Gasteiger charge is 2.31. The first-order chi connectivity index (χ1) is 14.5. The molecule has 0 unspecified atom stereocenters. The third kappa shape index (κ3) is 3.04. The Morgan fingerprint density at radius 3 is 2.70 bits per heavy atom. The minimum atomic E-state index is -0.929. The largest absolute Gasteiger partial charge is 0.508 e. The van der Waals surface area contributed by atoms with E-state index < -0.39 is 6.09 Å². The normalized spacial score (nSPS) is 14.2. The van der Waals surface area contributed by atoms with Gasteiger partial charge < -0.3 is 19.7 Å². The van der Waals surface area contributed by atoms with E-state index in [-0.39, 0.29) is 17.2 Å². The highest BCUT2D eigenvalue weighted by molar-refractivity contribution is 5.99. The topological polar surface area (TPSA) is 95.7 Å².